The number of fused-ring (bicyclic) bond motifs is 1. The first-order chi connectivity index (χ1) is 6.22. The number of aliphatic hydroxyl groups is 1. The highest BCUT2D eigenvalue weighted by Gasteiger charge is 2.45. The Labute approximate surface area is 75.2 Å². The van der Waals surface area contributed by atoms with Crippen molar-refractivity contribution in [2.24, 2.45) is 5.92 Å². The maximum atomic E-state index is 13.0. The summed E-state index contributed by atoms with van der Waals surface area (Å²) in [7, 11) is 0. The number of ether oxygens (including phenoxy) is 1. The molecule has 1 amide bonds. The third-order valence-electron chi connectivity index (χ3n) is 2.84. The molecule has 3 unspecified atom stereocenters. The molecule has 74 valence electrons. The van der Waals surface area contributed by atoms with Crippen LogP contribution in [0.25, 0.3) is 0 Å². The molecule has 3 atom stereocenters. The lowest BCUT2D eigenvalue weighted by Crippen LogP contribution is -2.37. The molecular formula is C8H12FNO3. The Hall–Kier alpha value is -0.840. The molecule has 1 heterocycles. The minimum absolute atomic E-state index is 0.0903. The van der Waals surface area contributed by atoms with Gasteiger partial charge in [0.05, 0.1) is 0 Å². The SMILES string of the molecule is O=C1OC2CC(CO)CCC2N1F. The Morgan fingerprint density at radius 2 is 2.38 bits per heavy atom. The molecule has 0 radical (unpaired) electrons. The van der Waals surface area contributed by atoms with E-state index >= 15 is 0 Å². The first-order valence-electron chi connectivity index (χ1n) is 4.49. The van der Waals surface area contributed by atoms with Crippen LogP contribution < -0.4 is 0 Å². The number of amides is 1. The van der Waals surface area contributed by atoms with Gasteiger partial charge in [0.2, 0.25) is 0 Å². The number of halogens is 1. The van der Waals surface area contributed by atoms with Crippen LogP contribution in [0.5, 0.6) is 0 Å². The van der Waals surface area contributed by atoms with Crippen LogP contribution in [-0.4, -0.2) is 35.1 Å². The zero-order chi connectivity index (χ0) is 9.42. The van der Waals surface area contributed by atoms with Crippen LogP contribution in [0, 0.1) is 5.92 Å². The highest BCUT2D eigenvalue weighted by Crippen LogP contribution is 2.34. The van der Waals surface area contributed by atoms with Gasteiger partial charge in [0, 0.05) is 6.61 Å². The lowest BCUT2D eigenvalue weighted by atomic mass is 9.85. The second kappa shape index (κ2) is 3.14. The fourth-order valence-electron chi connectivity index (χ4n) is 2.06. The molecule has 1 aliphatic carbocycles. The molecule has 1 aliphatic heterocycles. The van der Waals surface area contributed by atoms with Crippen LogP contribution in [-0.2, 0) is 4.74 Å². The van der Waals surface area contributed by atoms with Crippen LogP contribution in [0.15, 0.2) is 0 Å². The van der Waals surface area contributed by atoms with Gasteiger partial charge >= 0.3 is 6.09 Å². The van der Waals surface area contributed by atoms with E-state index in [1.54, 1.807) is 0 Å². The van der Waals surface area contributed by atoms with E-state index in [1.807, 2.05) is 0 Å². The van der Waals surface area contributed by atoms with Crippen molar-refractivity contribution in [3.05, 3.63) is 0 Å². The summed E-state index contributed by atoms with van der Waals surface area (Å²) in [4.78, 5) is 10.8. The summed E-state index contributed by atoms with van der Waals surface area (Å²) in [5.74, 6) is 0.153. The smallest absolute Gasteiger partial charge is 0.438 e. The van der Waals surface area contributed by atoms with Gasteiger partial charge in [0.25, 0.3) is 0 Å². The Morgan fingerprint density at radius 1 is 1.62 bits per heavy atom. The molecule has 2 aliphatic rings. The maximum Gasteiger partial charge on any atom is 0.438 e. The fourth-order valence-corrected chi connectivity index (χ4v) is 2.06. The van der Waals surface area contributed by atoms with E-state index in [4.69, 9.17) is 9.84 Å². The Kier molecular flexibility index (Phi) is 2.11. The van der Waals surface area contributed by atoms with Gasteiger partial charge in [-0.1, -0.05) is 4.48 Å². The number of carbonyl (C=O) groups excluding carboxylic acids is 1. The molecule has 1 N–H and O–H groups in total. The molecule has 0 aromatic carbocycles. The second-order valence-corrected chi connectivity index (χ2v) is 3.66. The van der Waals surface area contributed by atoms with E-state index in [1.165, 1.54) is 0 Å². The number of carbonyl (C=O) groups is 1. The summed E-state index contributed by atoms with van der Waals surface area (Å²) in [6.07, 6.45) is 0.678. The summed E-state index contributed by atoms with van der Waals surface area (Å²) < 4.78 is 17.8. The van der Waals surface area contributed by atoms with Gasteiger partial charge in [-0.05, 0) is 25.2 Å². The molecule has 0 aromatic heterocycles. The Balaban J connectivity index is 2.03. The molecule has 0 spiro atoms. The van der Waals surface area contributed by atoms with Crippen LogP contribution in [0.2, 0.25) is 0 Å². The molecular weight excluding hydrogens is 177 g/mol. The lowest BCUT2D eigenvalue weighted by Gasteiger charge is -2.28. The lowest BCUT2D eigenvalue weighted by molar-refractivity contribution is 0.0203. The van der Waals surface area contributed by atoms with Crippen molar-refractivity contribution in [1.29, 1.82) is 0 Å². The van der Waals surface area contributed by atoms with E-state index in [0.717, 1.165) is 6.42 Å². The second-order valence-electron chi connectivity index (χ2n) is 3.66. The third kappa shape index (κ3) is 1.37. The minimum atomic E-state index is -0.881. The molecule has 2 rings (SSSR count). The van der Waals surface area contributed by atoms with E-state index in [-0.39, 0.29) is 23.8 Å². The highest BCUT2D eigenvalue weighted by molar-refractivity contribution is 5.69. The van der Waals surface area contributed by atoms with Gasteiger partial charge in [-0.3, -0.25) is 0 Å². The van der Waals surface area contributed by atoms with E-state index in [0.29, 0.717) is 12.8 Å². The first-order valence-corrected chi connectivity index (χ1v) is 4.49. The van der Waals surface area contributed by atoms with Gasteiger partial charge in [-0.25, -0.2) is 4.79 Å². The fraction of sp³-hybridized carbons (Fsp3) is 0.875. The number of aliphatic hydroxyl groups excluding tert-OH is 1. The summed E-state index contributed by atoms with van der Waals surface area (Å²) in [6.45, 7) is 0.0903. The third-order valence-corrected chi connectivity index (χ3v) is 2.84. The van der Waals surface area contributed by atoms with E-state index in [2.05, 4.69) is 0 Å². The predicted octanol–water partition coefficient (Wildman–Crippen LogP) is 0.853. The average molecular weight is 189 g/mol. The molecule has 1 saturated heterocycles. The van der Waals surface area contributed by atoms with Gasteiger partial charge < -0.3 is 9.84 Å². The van der Waals surface area contributed by atoms with Crippen LogP contribution in [0.4, 0.5) is 9.28 Å². The van der Waals surface area contributed by atoms with Crippen molar-refractivity contribution in [2.75, 3.05) is 6.61 Å². The Morgan fingerprint density at radius 3 is 3.08 bits per heavy atom. The van der Waals surface area contributed by atoms with E-state index < -0.39 is 12.1 Å². The summed E-state index contributed by atoms with van der Waals surface area (Å²) in [6, 6.07) is -0.421. The van der Waals surface area contributed by atoms with Crippen molar-refractivity contribution in [2.45, 2.75) is 31.4 Å². The topological polar surface area (TPSA) is 49.8 Å². The van der Waals surface area contributed by atoms with Crippen LogP contribution in [0.3, 0.4) is 0 Å². The van der Waals surface area contributed by atoms with Crippen molar-refractivity contribution < 1.29 is 19.1 Å². The van der Waals surface area contributed by atoms with E-state index in [9.17, 15) is 9.28 Å². The summed E-state index contributed by atoms with van der Waals surface area (Å²) in [5.41, 5.74) is 0. The van der Waals surface area contributed by atoms with Gasteiger partial charge in [0.15, 0.2) is 0 Å². The first kappa shape index (κ1) is 8.74. The zero-order valence-corrected chi connectivity index (χ0v) is 7.15. The highest BCUT2D eigenvalue weighted by atomic mass is 19.2. The standard InChI is InChI=1S/C8H12FNO3/c9-10-6-2-1-5(4-11)3-7(6)13-8(10)12/h5-7,11H,1-4H2. The monoisotopic (exact) mass is 189 g/mol. The normalized spacial score (nSPS) is 38.8. The maximum absolute atomic E-state index is 13.0. The van der Waals surface area contributed by atoms with Gasteiger partial charge in [-0.15, -0.1) is 5.12 Å². The largest absolute Gasteiger partial charge is 0.442 e. The Bertz CT molecular complexity index is 223. The van der Waals surface area contributed by atoms with Gasteiger partial charge in [-0.2, -0.15) is 0 Å². The molecule has 4 nitrogen and oxygen atoms in total. The molecule has 0 aromatic rings. The summed E-state index contributed by atoms with van der Waals surface area (Å²) >= 11 is 0. The average Bonchev–Trinajstić information content (AvgIpc) is 2.42. The number of rotatable bonds is 1. The number of nitrogens with zero attached hydrogens (tertiary/aromatic N) is 1. The quantitative estimate of drug-likeness (QED) is 0.622. The molecule has 5 heteroatoms. The number of hydrogen-bond acceptors (Lipinski definition) is 3. The van der Waals surface area contributed by atoms with Crippen molar-refractivity contribution in [1.82, 2.24) is 5.12 Å². The molecule has 2 fully saturated rings. The van der Waals surface area contributed by atoms with Crippen molar-refractivity contribution >= 4 is 6.09 Å². The van der Waals surface area contributed by atoms with Crippen LogP contribution >= 0.6 is 0 Å². The van der Waals surface area contributed by atoms with Crippen molar-refractivity contribution in [3.63, 3.8) is 0 Å². The van der Waals surface area contributed by atoms with Crippen molar-refractivity contribution in [3.8, 4) is 0 Å². The van der Waals surface area contributed by atoms with Crippen LogP contribution in [0.1, 0.15) is 19.3 Å². The zero-order valence-electron chi connectivity index (χ0n) is 7.15. The minimum Gasteiger partial charge on any atom is -0.442 e. The molecule has 1 saturated carbocycles. The summed E-state index contributed by atoms with van der Waals surface area (Å²) in [5, 5.41) is 9.07. The number of hydrogen-bond donors (Lipinski definition) is 1. The molecule has 0 bridgehead atoms. The molecule has 13 heavy (non-hydrogen) atoms. The predicted molar refractivity (Wildman–Crippen MR) is 41.4 cm³/mol. The van der Waals surface area contributed by atoms with Gasteiger partial charge in [0.1, 0.15) is 12.1 Å².